The first-order chi connectivity index (χ1) is 29.8. The predicted octanol–water partition coefficient (Wildman–Crippen LogP) is 5.85. The van der Waals surface area contributed by atoms with Crippen LogP contribution in [0, 0.1) is 12.3 Å². The summed E-state index contributed by atoms with van der Waals surface area (Å²) in [6.07, 6.45) is 6.57. The number of ketones is 1. The van der Waals surface area contributed by atoms with Crippen molar-refractivity contribution in [3.63, 3.8) is 0 Å². The maximum atomic E-state index is 12.7. The number of benzene rings is 4. The first kappa shape index (κ1) is 44.1. The number of terminal acetylenes is 1. The van der Waals surface area contributed by atoms with Gasteiger partial charge in [-0.3, -0.25) is 14.4 Å². The second kappa shape index (κ2) is 22.8. The summed E-state index contributed by atoms with van der Waals surface area (Å²) >= 11 is 0. The van der Waals surface area contributed by atoms with Crippen LogP contribution in [0.5, 0.6) is 0 Å². The molecule has 4 aromatic rings. The zero-order valence-corrected chi connectivity index (χ0v) is 34.1. The SMILES string of the molecule is C#CCNC(=O)[C@H](CCCCCC(=O)COCCNC(=O)OCC1c2ccccc2-c2ccccc21)NC(=O)COCCNC(=O)OCC1c2ccccc2-c2ccccc21. The summed E-state index contributed by atoms with van der Waals surface area (Å²) in [5, 5.41) is 10.6. The summed E-state index contributed by atoms with van der Waals surface area (Å²) in [4.78, 5) is 62.6. The van der Waals surface area contributed by atoms with E-state index in [-0.39, 0.29) is 83.3 Å². The van der Waals surface area contributed by atoms with Gasteiger partial charge in [-0.15, -0.1) is 6.42 Å². The molecule has 0 bridgehead atoms. The molecule has 61 heavy (non-hydrogen) atoms. The molecule has 2 aliphatic rings. The van der Waals surface area contributed by atoms with Crippen LogP contribution in [0.1, 0.15) is 66.2 Å². The molecule has 0 aliphatic heterocycles. The Morgan fingerprint density at radius 3 is 1.52 bits per heavy atom. The molecular weight excluding hydrogens is 777 g/mol. The highest BCUT2D eigenvalue weighted by Crippen LogP contribution is 2.45. The summed E-state index contributed by atoms with van der Waals surface area (Å²) in [5.41, 5.74) is 9.09. The highest BCUT2D eigenvalue weighted by molar-refractivity contribution is 5.88. The Morgan fingerprint density at radius 1 is 0.590 bits per heavy atom. The van der Waals surface area contributed by atoms with Gasteiger partial charge in [0.05, 0.1) is 19.8 Å². The Bertz CT molecular complexity index is 2110. The Morgan fingerprint density at radius 2 is 1.05 bits per heavy atom. The summed E-state index contributed by atoms with van der Waals surface area (Å²) in [6, 6.07) is 31.6. The van der Waals surface area contributed by atoms with Gasteiger partial charge < -0.3 is 40.2 Å². The van der Waals surface area contributed by atoms with Crippen molar-refractivity contribution in [1.82, 2.24) is 21.3 Å². The van der Waals surface area contributed by atoms with Crippen molar-refractivity contribution in [2.45, 2.75) is 50.0 Å². The fraction of sp³-hybridized carbons (Fsp3) is 0.354. The number of hydrogen-bond acceptors (Lipinski definition) is 9. The van der Waals surface area contributed by atoms with Crippen LogP contribution >= 0.6 is 0 Å². The number of fused-ring (bicyclic) bond motifs is 6. The molecule has 0 saturated heterocycles. The van der Waals surface area contributed by atoms with Crippen LogP contribution in [0.25, 0.3) is 22.3 Å². The van der Waals surface area contributed by atoms with Crippen molar-refractivity contribution in [1.29, 1.82) is 0 Å². The molecule has 0 radical (unpaired) electrons. The van der Waals surface area contributed by atoms with Crippen LogP contribution in [0.4, 0.5) is 9.59 Å². The van der Waals surface area contributed by atoms with E-state index in [0.717, 1.165) is 44.5 Å². The maximum Gasteiger partial charge on any atom is 0.407 e. The Labute approximate surface area is 356 Å². The third kappa shape index (κ3) is 12.3. The predicted molar refractivity (Wildman–Crippen MR) is 230 cm³/mol. The fourth-order valence-corrected chi connectivity index (χ4v) is 7.79. The lowest BCUT2D eigenvalue weighted by molar-refractivity contribution is -0.131. The molecule has 1 atom stereocenters. The van der Waals surface area contributed by atoms with Gasteiger partial charge in [0.15, 0.2) is 5.78 Å². The molecule has 0 heterocycles. The van der Waals surface area contributed by atoms with Gasteiger partial charge in [-0.25, -0.2) is 9.59 Å². The van der Waals surface area contributed by atoms with Crippen molar-refractivity contribution in [2.24, 2.45) is 0 Å². The zero-order valence-electron chi connectivity index (χ0n) is 34.1. The van der Waals surface area contributed by atoms with E-state index in [9.17, 15) is 24.0 Å². The van der Waals surface area contributed by atoms with Crippen LogP contribution in [-0.2, 0) is 33.3 Å². The number of ether oxygens (including phenoxy) is 4. The molecule has 2 aliphatic carbocycles. The highest BCUT2D eigenvalue weighted by atomic mass is 16.6. The number of rotatable bonds is 23. The fourth-order valence-electron chi connectivity index (χ4n) is 7.79. The van der Waals surface area contributed by atoms with E-state index in [1.165, 1.54) is 0 Å². The molecule has 0 aromatic heterocycles. The van der Waals surface area contributed by atoms with Gasteiger partial charge in [0, 0.05) is 31.3 Å². The number of carbonyl (C=O) groups is 5. The first-order valence-corrected chi connectivity index (χ1v) is 20.7. The number of alkyl carbamates (subject to hydrolysis) is 2. The number of carbonyl (C=O) groups excluding carboxylic acids is 5. The molecule has 13 heteroatoms. The van der Waals surface area contributed by atoms with Gasteiger partial charge in [-0.1, -0.05) is 116 Å². The third-order valence-corrected chi connectivity index (χ3v) is 10.7. The third-order valence-electron chi connectivity index (χ3n) is 10.7. The minimum Gasteiger partial charge on any atom is -0.449 e. The number of unbranched alkanes of at least 4 members (excludes halogenated alkanes) is 2. The molecule has 6 rings (SSSR count). The zero-order chi connectivity index (χ0) is 42.8. The molecule has 0 unspecified atom stereocenters. The lowest BCUT2D eigenvalue weighted by Crippen LogP contribution is -2.48. The summed E-state index contributed by atoms with van der Waals surface area (Å²) in [6.45, 7) is 0.537. The highest BCUT2D eigenvalue weighted by Gasteiger charge is 2.30. The maximum absolute atomic E-state index is 12.7. The van der Waals surface area contributed by atoms with Crippen molar-refractivity contribution in [3.8, 4) is 34.6 Å². The summed E-state index contributed by atoms with van der Waals surface area (Å²) in [5.74, 6) is 1.26. The first-order valence-electron chi connectivity index (χ1n) is 20.7. The summed E-state index contributed by atoms with van der Waals surface area (Å²) in [7, 11) is 0. The Hall–Kier alpha value is -6.49. The van der Waals surface area contributed by atoms with E-state index in [2.05, 4.69) is 63.6 Å². The Kier molecular flexibility index (Phi) is 16.4. The average Bonchev–Trinajstić information content (AvgIpc) is 3.78. The molecule has 318 valence electrons. The van der Waals surface area contributed by atoms with E-state index in [4.69, 9.17) is 25.4 Å². The van der Waals surface area contributed by atoms with E-state index < -0.39 is 30.0 Å². The monoisotopic (exact) mass is 828 g/mol. The van der Waals surface area contributed by atoms with Gasteiger partial charge in [-0.05, 0) is 57.3 Å². The molecule has 0 fully saturated rings. The van der Waals surface area contributed by atoms with Gasteiger partial charge in [0.2, 0.25) is 11.8 Å². The largest absolute Gasteiger partial charge is 0.449 e. The average molecular weight is 829 g/mol. The van der Waals surface area contributed by atoms with Crippen molar-refractivity contribution in [3.05, 3.63) is 119 Å². The minimum atomic E-state index is -0.841. The standard InChI is InChI=1S/C48H52N4O9/c1-2-24-49-46(55)44(52-45(54)32-59-28-26-51-48(57)61-31-43-40-21-12-8-17-36(40)37-18-9-13-22-41(37)43)23-5-3-4-14-33(53)29-58-27-25-50-47(56)60-30-42-38-19-10-6-15-34(38)35-16-7-11-20-39(35)42/h1,6-13,15-22,42-44H,3-5,14,23-32H2,(H,49,55)(H,50,56)(H,51,57)(H,52,54)/t44-/m0/s1. The van der Waals surface area contributed by atoms with Crippen LogP contribution in [0.3, 0.4) is 0 Å². The number of Topliss-reactive ketones (excluding diaryl/α,β-unsaturated/α-hetero) is 1. The Balaban J connectivity index is 0.793. The van der Waals surface area contributed by atoms with Crippen LogP contribution in [0.2, 0.25) is 0 Å². The topological polar surface area (TPSA) is 170 Å². The normalized spacial score (nSPS) is 12.8. The number of nitrogens with one attached hydrogen (secondary N) is 4. The second-order valence-corrected chi connectivity index (χ2v) is 14.8. The van der Waals surface area contributed by atoms with Crippen LogP contribution < -0.4 is 21.3 Å². The van der Waals surface area contributed by atoms with Gasteiger partial charge in [0.25, 0.3) is 0 Å². The van der Waals surface area contributed by atoms with E-state index in [0.29, 0.717) is 25.7 Å². The van der Waals surface area contributed by atoms with Crippen molar-refractivity contribution < 1.29 is 42.9 Å². The summed E-state index contributed by atoms with van der Waals surface area (Å²) < 4.78 is 22.0. The minimum absolute atomic E-state index is 0.0129. The van der Waals surface area contributed by atoms with Crippen molar-refractivity contribution in [2.75, 3.05) is 59.3 Å². The molecule has 4 N–H and O–H groups in total. The molecule has 0 saturated carbocycles. The van der Waals surface area contributed by atoms with Gasteiger partial charge >= 0.3 is 12.2 Å². The van der Waals surface area contributed by atoms with Crippen LogP contribution in [0.15, 0.2) is 97.1 Å². The molecule has 0 spiro atoms. The van der Waals surface area contributed by atoms with E-state index in [1.54, 1.807) is 0 Å². The van der Waals surface area contributed by atoms with Crippen LogP contribution in [-0.4, -0.2) is 95.1 Å². The number of amides is 4. The number of hydrogen-bond donors (Lipinski definition) is 4. The van der Waals surface area contributed by atoms with Gasteiger partial charge in [-0.2, -0.15) is 0 Å². The quantitative estimate of drug-likeness (QED) is 0.0529. The smallest absolute Gasteiger partial charge is 0.407 e. The van der Waals surface area contributed by atoms with Gasteiger partial charge in [0.1, 0.15) is 32.5 Å². The molecular formula is C48H52N4O9. The lowest BCUT2D eigenvalue weighted by Gasteiger charge is -2.18. The lowest BCUT2D eigenvalue weighted by atomic mass is 9.98. The molecule has 4 aromatic carbocycles. The van der Waals surface area contributed by atoms with Crippen molar-refractivity contribution >= 4 is 29.8 Å². The van der Waals surface area contributed by atoms with E-state index in [1.807, 2.05) is 60.7 Å². The van der Waals surface area contributed by atoms with E-state index >= 15 is 0 Å². The molecule has 4 amide bonds. The molecule has 13 nitrogen and oxygen atoms in total. The second-order valence-electron chi connectivity index (χ2n) is 14.8.